The fraction of sp³-hybridized carbons (Fsp3) is 0.0833. The lowest BCUT2D eigenvalue weighted by atomic mass is 10.3. The monoisotopic (exact) mass is 278 g/mol. The van der Waals surface area contributed by atoms with Gasteiger partial charge in [0.2, 0.25) is 0 Å². The van der Waals surface area contributed by atoms with Crippen molar-refractivity contribution in [2.45, 2.75) is 4.90 Å². The average Bonchev–Trinajstić information content (AvgIpc) is 2.47. The predicted molar refractivity (Wildman–Crippen MR) is 74.1 cm³/mol. The summed E-state index contributed by atoms with van der Waals surface area (Å²) in [6.45, 7) is 0. The Balaban J connectivity index is 2.48. The first kappa shape index (κ1) is 13.3. The first-order chi connectivity index (χ1) is 9.07. The molecule has 1 heterocycles. The van der Waals surface area contributed by atoms with Crippen LogP contribution in [-0.4, -0.2) is 20.4 Å². The number of nitrogens with zero attached hydrogens (tertiary/aromatic N) is 2. The smallest absolute Gasteiger partial charge is 0.267 e. The van der Waals surface area contributed by atoms with E-state index in [1.54, 1.807) is 36.4 Å². The van der Waals surface area contributed by atoms with Gasteiger partial charge < -0.3 is 5.43 Å². The van der Waals surface area contributed by atoms with Gasteiger partial charge in [-0.1, -0.05) is 18.2 Å². The quantitative estimate of drug-likeness (QED) is 0.648. The SMILES string of the molecule is CN(c1ccccn1)S(=O)(=O)c1ccccc1NN. The summed E-state index contributed by atoms with van der Waals surface area (Å²) in [6, 6.07) is 11.5. The van der Waals surface area contributed by atoms with Gasteiger partial charge in [-0.05, 0) is 24.3 Å². The van der Waals surface area contributed by atoms with Crippen molar-refractivity contribution in [2.24, 2.45) is 5.84 Å². The van der Waals surface area contributed by atoms with Crippen molar-refractivity contribution in [2.75, 3.05) is 16.8 Å². The molecule has 2 rings (SSSR count). The molecule has 0 aliphatic carbocycles. The molecular formula is C12H14N4O2S. The normalized spacial score (nSPS) is 11.1. The van der Waals surface area contributed by atoms with E-state index >= 15 is 0 Å². The van der Waals surface area contributed by atoms with Gasteiger partial charge in [0, 0.05) is 13.2 Å². The van der Waals surface area contributed by atoms with Crippen LogP contribution < -0.4 is 15.6 Å². The first-order valence-corrected chi connectivity index (χ1v) is 6.97. The molecule has 19 heavy (non-hydrogen) atoms. The molecule has 0 fully saturated rings. The summed E-state index contributed by atoms with van der Waals surface area (Å²) in [5.74, 6) is 5.68. The summed E-state index contributed by atoms with van der Waals surface area (Å²) in [4.78, 5) is 4.12. The Morgan fingerprint density at radius 1 is 1.16 bits per heavy atom. The zero-order chi connectivity index (χ0) is 13.9. The maximum atomic E-state index is 12.5. The minimum atomic E-state index is -3.71. The molecule has 0 radical (unpaired) electrons. The molecule has 0 saturated carbocycles. The maximum Gasteiger partial charge on any atom is 0.267 e. The third-order valence-electron chi connectivity index (χ3n) is 2.65. The number of aromatic nitrogens is 1. The van der Waals surface area contributed by atoms with Crippen LogP contribution in [0.5, 0.6) is 0 Å². The summed E-state index contributed by atoms with van der Waals surface area (Å²) in [5, 5.41) is 0. The fourth-order valence-corrected chi connectivity index (χ4v) is 2.93. The van der Waals surface area contributed by atoms with Crippen molar-refractivity contribution in [3.05, 3.63) is 48.7 Å². The van der Waals surface area contributed by atoms with E-state index in [2.05, 4.69) is 10.4 Å². The molecule has 6 nitrogen and oxygen atoms in total. The number of benzene rings is 1. The van der Waals surface area contributed by atoms with Crippen molar-refractivity contribution in [3.8, 4) is 0 Å². The number of para-hydroxylation sites is 1. The highest BCUT2D eigenvalue weighted by Crippen LogP contribution is 2.25. The second-order valence-corrected chi connectivity index (χ2v) is 5.74. The van der Waals surface area contributed by atoms with Crippen LogP contribution in [0.1, 0.15) is 0 Å². The van der Waals surface area contributed by atoms with Crippen LogP contribution >= 0.6 is 0 Å². The summed E-state index contributed by atoms with van der Waals surface area (Å²) >= 11 is 0. The highest BCUT2D eigenvalue weighted by molar-refractivity contribution is 7.93. The number of nitrogens with one attached hydrogen (secondary N) is 1. The van der Waals surface area contributed by atoms with Crippen LogP contribution in [0.2, 0.25) is 0 Å². The molecule has 0 amide bonds. The third kappa shape index (κ3) is 2.51. The number of anilines is 2. The largest absolute Gasteiger partial charge is 0.323 e. The second kappa shape index (κ2) is 5.25. The lowest BCUT2D eigenvalue weighted by Crippen LogP contribution is -2.28. The number of hydrogen-bond donors (Lipinski definition) is 2. The maximum absolute atomic E-state index is 12.5. The van der Waals surface area contributed by atoms with Gasteiger partial charge in [-0.25, -0.2) is 13.4 Å². The summed E-state index contributed by atoms with van der Waals surface area (Å²) in [5.41, 5.74) is 2.72. The van der Waals surface area contributed by atoms with Crippen LogP contribution in [0.3, 0.4) is 0 Å². The van der Waals surface area contributed by atoms with E-state index in [1.807, 2.05) is 0 Å². The second-order valence-electron chi connectivity index (χ2n) is 3.80. The molecular weight excluding hydrogens is 264 g/mol. The predicted octanol–water partition coefficient (Wildman–Crippen LogP) is 1.19. The molecule has 1 aromatic carbocycles. The minimum absolute atomic E-state index is 0.102. The van der Waals surface area contributed by atoms with E-state index in [0.29, 0.717) is 11.5 Å². The Hall–Kier alpha value is -2.12. The van der Waals surface area contributed by atoms with Crippen LogP contribution in [0.4, 0.5) is 11.5 Å². The van der Waals surface area contributed by atoms with Gasteiger partial charge in [0.15, 0.2) is 0 Å². The van der Waals surface area contributed by atoms with E-state index in [1.165, 1.54) is 19.3 Å². The highest BCUT2D eigenvalue weighted by atomic mass is 32.2. The van der Waals surface area contributed by atoms with Crippen molar-refractivity contribution in [3.63, 3.8) is 0 Å². The Morgan fingerprint density at radius 3 is 2.47 bits per heavy atom. The fourth-order valence-electron chi connectivity index (χ4n) is 1.62. The van der Waals surface area contributed by atoms with E-state index in [4.69, 9.17) is 5.84 Å². The number of sulfonamides is 1. The molecule has 100 valence electrons. The number of pyridine rings is 1. The van der Waals surface area contributed by atoms with Gasteiger partial charge in [0.1, 0.15) is 10.7 Å². The molecule has 0 spiro atoms. The Labute approximate surface area is 111 Å². The first-order valence-electron chi connectivity index (χ1n) is 5.53. The molecule has 3 N–H and O–H groups in total. The number of hydrogen-bond acceptors (Lipinski definition) is 5. The van der Waals surface area contributed by atoms with Crippen LogP contribution in [0, 0.1) is 0 Å². The van der Waals surface area contributed by atoms with Gasteiger partial charge in [-0.2, -0.15) is 0 Å². The zero-order valence-corrected chi connectivity index (χ0v) is 11.1. The Kier molecular flexibility index (Phi) is 3.68. The van der Waals surface area contributed by atoms with Gasteiger partial charge in [-0.15, -0.1) is 0 Å². The standard InChI is InChI=1S/C12H14N4O2S/c1-16(12-8-4-5-9-14-12)19(17,18)11-7-3-2-6-10(11)15-13/h2-9,15H,13H2,1H3. The number of hydrazine groups is 1. The third-order valence-corrected chi connectivity index (χ3v) is 4.47. The molecule has 0 saturated heterocycles. The lowest BCUT2D eigenvalue weighted by molar-refractivity contribution is 0.594. The highest BCUT2D eigenvalue weighted by Gasteiger charge is 2.24. The average molecular weight is 278 g/mol. The molecule has 7 heteroatoms. The summed E-state index contributed by atoms with van der Waals surface area (Å²) in [6.07, 6.45) is 1.54. The molecule has 1 aromatic heterocycles. The van der Waals surface area contributed by atoms with Crippen molar-refractivity contribution >= 4 is 21.5 Å². The topological polar surface area (TPSA) is 88.3 Å². The molecule has 0 aliphatic rings. The molecule has 0 aliphatic heterocycles. The number of nitrogens with two attached hydrogens (primary N) is 1. The lowest BCUT2D eigenvalue weighted by Gasteiger charge is -2.19. The Morgan fingerprint density at radius 2 is 1.84 bits per heavy atom. The Bertz CT molecular complexity index is 658. The van der Waals surface area contributed by atoms with Crippen LogP contribution in [0.15, 0.2) is 53.6 Å². The molecule has 0 bridgehead atoms. The van der Waals surface area contributed by atoms with Crippen LogP contribution in [-0.2, 0) is 10.0 Å². The summed E-state index contributed by atoms with van der Waals surface area (Å²) in [7, 11) is -2.26. The van der Waals surface area contributed by atoms with E-state index in [-0.39, 0.29) is 4.90 Å². The van der Waals surface area contributed by atoms with Crippen molar-refractivity contribution in [1.82, 2.24) is 4.98 Å². The van der Waals surface area contributed by atoms with Crippen LogP contribution in [0.25, 0.3) is 0 Å². The van der Waals surface area contributed by atoms with Gasteiger partial charge in [0.05, 0.1) is 5.69 Å². The van der Waals surface area contributed by atoms with Gasteiger partial charge >= 0.3 is 0 Å². The zero-order valence-electron chi connectivity index (χ0n) is 10.3. The van der Waals surface area contributed by atoms with Crippen molar-refractivity contribution in [1.29, 1.82) is 0 Å². The minimum Gasteiger partial charge on any atom is -0.323 e. The molecule has 0 unspecified atom stereocenters. The van der Waals surface area contributed by atoms with E-state index in [0.717, 1.165) is 4.31 Å². The van der Waals surface area contributed by atoms with Gasteiger partial charge in [-0.3, -0.25) is 10.1 Å². The number of nitrogen functional groups attached to an aromatic ring is 1. The van der Waals surface area contributed by atoms with E-state index in [9.17, 15) is 8.42 Å². The van der Waals surface area contributed by atoms with Gasteiger partial charge in [0.25, 0.3) is 10.0 Å². The van der Waals surface area contributed by atoms with Crippen molar-refractivity contribution < 1.29 is 8.42 Å². The number of rotatable bonds is 4. The summed E-state index contributed by atoms with van der Waals surface area (Å²) < 4.78 is 26.1. The van der Waals surface area contributed by atoms with E-state index < -0.39 is 10.0 Å². The molecule has 0 atom stereocenters. The molecule has 2 aromatic rings.